The van der Waals surface area contributed by atoms with Crippen LogP contribution in [0, 0.1) is 0 Å². The average Bonchev–Trinajstić information content (AvgIpc) is 3.32. The molecular formula is C29H34N2O4. The van der Waals surface area contributed by atoms with Crippen LogP contribution in [0.3, 0.4) is 0 Å². The molecule has 1 fully saturated rings. The fraction of sp³-hybridized carbons (Fsp3) is 0.379. The number of hydrogen-bond acceptors (Lipinski definition) is 6. The number of carbonyl (C=O) groups excluding carboxylic acids is 2. The van der Waals surface area contributed by atoms with Gasteiger partial charge in [-0.25, -0.2) is 4.79 Å². The van der Waals surface area contributed by atoms with Gasteiger partial charge in [0.1, 0.15) is 0 Å². The van der Waals surface area contributed by atoms with Gasteiger partial charge in [0.05, 0.1) is 25.2 Å². The second kappa shape index (κ2) is 11.4. The minimum Gasteiger partial charge on any atom is -0.466 e. The number of esters is 2. The van der Waals surface area contributed by atoms with E-state index in [1.54, 1.807) is 13.8 Å². The zero-order chi connectivity index (χ0) is 24.8. The Balaban J connectivity index is 1.47. The second-order valence-electron chi connectivity index (χ2n) is 8.93. The highest BCUT2D eigenvalue weighted by Crippen LogP contribution is 2.28. The number of nitrogens with zero attached hydrogens (tertiary/aromatic N) is 1. The molecule has 1 aliphatic heterocycles. The van der Waals surface area contributed by atoms with Crippen molar-refractivity contribution in [3.63, 3.8) is 0 Å². The predicted octanol–water partition coefficient (Wildman–Crippen LogP) is 5.05. The maximum Gasteiger partial charge on any atom is 0.338 e. The maximum absolute atomic E-state index is 12.6. The predicted molar refractivity (Wildman–Crippen MR) is 139 cm³/mol. The number of benzene rings is 3. The minimum atomic E-state index is -0.410. The average molecular weight is 475 g/mol. The molecule has 4 rings (SSSR count). The molecule has 6 nitrogen and oxygen atoms in total. The van der Waals surface area contributed by atoms with Crippen LogP contribution in [-0.2, 0) is 20.7 Å². The number of ether oxygens (including phenoxy) is 2. The van der Waals surface area contributed by atoms with Crippen LogP contribution in [0.1, 0.15) is 54.7 Å². The third kappa shape index (κ3) is 5.82. The Kier molecular flexibility index (Phi) is 8.03. The molecule has 3 aromatic carbocycles. The van der Waals surface area contributed by atoms with Gasteiger partial charge in [-0.1, -0.05) is 48.5 Å². The smallest absolute Gasteiger partial charge is 0.338 e. The first-order valence-electron chi connectivity index (χ1n) is 12.4. The van der Waals surface area contributed by atoms with Gasteiger partial charge in [-0.15, -0.1) is 0 Å². The van der Waals surface area contributed by atoms with Gasteiger partial charge in [0.15, 0.2) is 0 Å². The molecule has 1 N–H and O–H groups in total. The highest BCUT2D eigenvalue weighted by atomic mass is 16.5. The summed E-state index contributed by atoms with van der Waals surface area (Å²) >= 11 is 0. The molecule has 0 spiro atoms. The molecule has 2 atom stereocenters. The molecule has 0 unspecified atom stereocenters. The summed E-state index contributed by atoms with van der Waals surface area (Å²) in [4.78, 5) is 27.0. The van der Waals surface area contributed by atoms with Crippen molar-refractivity contribution < 1.29 is 19.1 Å². The van der Waals surface area contributed by atoms with E-state index >= 15 is 0 Å². The Morgan fingerprint density at radius 3 is 2.60 bits per heavy atom. The van der Waals surface area contributed by atoms with Crippen molar-refractivity contribution in [1.29, 1.82) is 0 Å². The molecule has 1 aliphatic rings. The van der Waals surface area contributed by atoms with Gasteiger partial charge in [0.2, 0.25) is 0 Å². The van der Waals surface area contributed by atoms with Crippen molar-refractivity contribution in [2.24, 2.45) is 0 Å². The lowest BCUT2D eigenvalue weighted by Crippen LogP contribution is -2.34. The van der Waals surface area contributed by atoms with E-state index in [1.807, 2.05) is 18.2 Å². The number of nitrogens with one attached hydrogen (secondary N) is 1. The van der Waals surface area contributed by atoms with E-state index < -0.39 is 5.97 Å². The van der Waals surface area contributed by atoms with Crippen LogP contribution < -0.4 is 10.2 Å². The monoisotopic (exact) mass is 474 g/mol. The Bertz CT molecular complexity index is 1190. The second-order valence-corrected chi connectivity index (χ2v) is 8.93. The first-order valence-corrected chi connectivity index (χ1v) is 12.4. The molecule has 3 aromatic rings. The van der Waals surface area contributed by atoms with Crippen LogP contribution in [0.2, 0.25) is 0 Å². The molecule has 0 aliphatic carbocycles. The van der Waals surface area contributed by atoms with Crippen molar-refractivity contribution in [1.82, 2.24) is 5.32 Å². The highest BCUT2D eigenvalue weighted by Gasteiger charge is 2.26. The SMILES string of the molecule is CCOC(=O)Cc1ccc(N2CC[C@H](N[C@H](C)c3cccc4ccccc34)C2)cc1C(=O)OCC. The van der Waals surface area contributed by atoms with Gasteiger partial charge in [0, 0.05) is 30.9 Å². The largest absolute Gasteiger partial charge is 0.466 e. The quantitative estimate of drug-likeness (QED) is 0.438. The van der Waals surface area contributed by atoms with Gasteiger partial charge in [-0.05, 0) is 61.2 Å². The summed E-state index contributed by atoms with van der Waals surface area (Å²) in [6.45, 7) is 8.09. The van der Waals surface area contributed by atoms with Crippen LogP contribution in [0.4, 0.5) is 5.69 Å². The summed E-state index contributed by atoms with van der Waals surface area (Å²) in [5, 5.41) is 6.33. The standard InChI is InChI=1S/C29H34N2O4/c1-4-34-28(32)17-22-13-14-24(18-27(22)29(33)35-5-2)31-16-15-23(19-31)30-20(3)25-12-8-10-21-9-6-7-11-26(21)25/h6-14,18,20,23,30H,4-5,15-17,19H2,1-3H3/t20-,23+/m1/s1. The molecule has 6 heteroatoms. The van der Waals surface area contributed by atoms with Crippen molar-refractivity contribution in [3.8, 4) is 0 Å². The fourth-order valence-electron chi connectivity index (χ4n) is 4.88. The van der Waals surface area contributed by atoms with Crippen LogP contribution in [0.15, 0.2) is 60.7 Å². The first-order chi connectivity index (χ1) is 17.0. The molecule has 184 valence electrons. The summed E-state index contributed by atoms with van der Waals surface area (Å²) in [5.41, 5.74) is 3.32. The number of anilines is 1. The molecule has 0 aromatic heterocycles. The Morgan fingerprint density at radius 2 is 1.80 bits per heavy atom. The molecular weight excluding hydrogens is 440 g/mol. The van der Waals surface area contributed by atoms with Gasteiger partial charge < -0.3 is 19.7 Å². The van der Waals surface area contributed by atoms with Gasteiger partial charge in [0.25, 0.3) is 0 Å². The van der Waals surface area contributed by atoms with Gasteiger partial charge in [-0.3, -0.25) is 4.79 Å². The normalized spacial score (nSPS) is 16.3. The summed E-state index contributed by atoms with van der Waals surface area (Å²) in [6.07, 6.45) is 1.06. The number of carbonyl (C=O) groups is 2. The summed E-state index contributed by atoms with van der Waals surface area (Å²) < 4.78 is 10.3. The minimum absolute atomic E-state index is 0.0506. The first kappa shape index (κ1) is 24.7. The lowest BCUT2D eigenvalue weighted by atomic mass is 9.99. The third-order valence-corrected chi connectivity index (χ3v) is 6.56. The number of fused-ring (bicyclic) bond motifs is 1. The zero-order valence-electron chi connectivity index (χ0n) is 20.8. The van der Waals surface area contributed by atoms with E-state index in [-0.39, 0.29) is 25.0 Å². The number of rotatable bonds is 9. The van der Waals surface area contributed by atoms with Crippen molar-refractivity contribution >= 4 is 28.4 Å². The van der Waals surface area contributed by atoms with E-state index in [1.165, 1.54) is 16.3 Å². The Morgan fingerprint density at radius 1 is 1.03 bits per heavy atom. The van der Waals surface area contributed by atoms with E-state index in [2.05, 4.69) is 59.6 Å². The van der Waals surface area contributed by atoms with Crippen LogP contribution in [0.25, 0.3) is 10.8 Å². The summed E-state index contributed by atoms with van der Waals surface area (Å²) in [7, 11) is 0. The molecule has 1 heterocycles. The Hall–Kier alpha value is -3.38. The number of hydrogen-bond donors (Lipinski definition) is 1. The molecule has 0 bridgehead atoms. The van der Waals surface area contributed by atoms with Crippen LogP contribution >= 0.6 is 0 Å². The van der Waals surface area contributed by atoms with E-state index in [0.717, 1.165) is 25.2 Å². The molecule has 0 radical (unpaired) electrons. The van der Waals surface area contributed by atoms with Crippen LogP contribution in [-0.4, -0.2) is 44.3 Å². The topological polar surface area (TPSA) is 67.9 Å². The van der Waals surface area contributed by atoms with E-state index in [4.69, 9.17) is 9.47 Å². The molecule has 0 saturated carbocycles. The maximum atomic E-state index is 12.6. The molecule has 1 saturated heterocycles. The lowest BCUT2D eigenvalue weighted by Gasteiger charge is -2.23. The third-order valence-electron chi connectivity index (χ3n) is 6.56. The van der Waals surface area contributed by atoms with Gasteiger partial charge in [-0.2, -0.15) is 0 Å². The molecule has 0 amide bonds. The lowest BCUT2D eigenvalue weighted by molar-refractivity contribution is -0.142. The zero-order valence-corrected chi connectivity index (χ0v) is 20.8. The van der Waals surface area contributed by atoms with Crippen molar-refractivity contribution in [2.75, 3.05) is 31.2 Å². The molecule has 35 heavy (non-hydrogen) atoms. The summed E-state index contributed by atoms with van der Waals surface area (Å²) in [6, 6.07) is 21.2. The van der Waals surface area contributed by atoms with Crippen molar-refractivity contribution in [2.45, 2.75) is 45.7 Å². The van der Waals surface area contributed by atoms with E-state index in [0.29, 0.717) is 23.8 Å². The van der Waals surface area contributed by atoms with E-state index in [9.17, 15) is 9.59 Å². The highest BCUT2D eigenvalue weighted by molar-refractivity contribution is 5.94. The van der Waals surface area contributed by atoms with Crippen molar-refractivity contribution in [3.05, 3.63) is 77.4 Å². The van der Waals surface area contributed by atoms with Gasteiger partial charge >= 0.3 is 11.9 Å². The fourth-order valence-corrected chi connectivity index (χ4v) is 4.88. The Labute approximate surface area is 207 Å². The van der Waals surface area contributed by atoms with Crippen LogP contribution in [0.5, 0.6) is 0 Å². The summed E-state index contributed by atoms with van der Waals surface area (Å²) in [5.74, 6) is -0.759.